The maximum absolute atomic E-state index is 11.3. The van der Waals surface area contributed by atoms with Gasteiger partial charge in [-0.3, -0.25) is 9.35 Å². The summed E-state index contributed by atoms with van der Waals surface area (Å²) in [5.74, 6) is 0.569. The summed E-state index contributed by atoms with van der Waals surface area (Å²) in [6.45, 7) is 1.66. The SMILES string of the molecule is COc1cc(-c2ccc(C=O)o2)c(C)cc1S(=O)(=O)O. The van der Waals surface area contributed by atoms with Crippen molar-refractivity contribution in [1.29, 1.82) is 0 Å². The molecule has 0 aliphatic heterocycles. The van der Waals surface area contributed by atoms with Crippen LogP contribution in [0.15, 0.2) is 33.6 Å². The van der Waals surface area contributed by atoms with E-state index in [9.17, 15) is 13.2 Å². The molecule has 0 atom stereocenters. The Kier molecular flexibility index (Phi) is 3.65. The summed E-state index contributed by atoms with van der Waals surface area (Å²) >= 11 is 0. The van der Waals surface area contributed by atoms with Gasteiger partial charge in [0, 0.05) is 5.56 Å². The average molecular weight is 296 g/mol. The molecule has 1 N–H and O–H groups in total. The van der Waals surface area contributed by atoms with Gasteiger partial charge in [0.1, 0.15) is 16.4 Å². The van der Waals surface area contributed by atoms with E-state index >= 15 is 0 Å². The molecule has 1 heterocycles. The number of hydrogen-bond acceptors (Lipinski definition) is 5. The fourth-order valence-electron chi connectivity index (χ4n) is 1.85. The van der Waals surface area contributed by atoms with Crippen LogP contribution in [0.4, 0.5) is 0 Å². The second kappa shape index (κ2) is 5.10. The normalized spacial score (nSPS) is 11.3. The number of rotatable bonds is 4. The van der Waals surface area contributed by atoms with E-state index in [0.29, 0.717) is 23.2 Å². The molecule has 2 aromatic rings. The van der Waals surface area contributed by atoms with Crippen LogP contribution in [-0.2, 0) is 10.1 Å². The molecule has 0 aliphatic rings. The lowest BCUT2D eigenvalue weighted by atomic mass is 10.1. The van der Waals surface area contributed by atoms with Crippen LogP contribution in [0.2, 0.25) is 0 Å². The third-order valence-electron chi connectivity index (χ3n) is 2.80. The van der Waals surface area contributed by atoms with Crippen molar-refractivity contribution >= 4 is 16.4 Å². The molecular weight excluding hydrogens is 284 g/mol. The molecule has 106 valence electrons. The third-order valence-corrected chi connectivity index (χ3v) is 3.67. The largest absolute Gasteiger partial charge is 0.495 e. The number of methoxy groups -OCH3 is 1. The minimum absolute atomic E-state index is 0.00264. The van der Waals surface area contributed by atoms with Crippen molar-refractivity contribution in [1.82, 2.24) is 0 Å². The van der Waals surface area contributed by atoms with Crippen LogP contribution in [0.3, 0.4) is 0 Å². The lowest BCUT2D eigenvalue weighted by Crippen LogP contribution is -2.02. The topological polar surface area (TPSA) is 93.8 Å². The fraction of sp³-hybridized carbons (Fsp3) is 0.154. The van der Waals surface area contributed by atoms with Gasteiger partial charge < -0.3 is 9.15 Å². The molecule has 0 saturated carbocycles. The lowest BCUT2D eigenvalue weighted by Gasteiger charge is -2.10. The summed E-state index contributed by atoms with van der Waals surface area (Å²) in [4.78, 5) is 10.3. The van der Waals surface area contributed by atoms with E-state index in [0.717, 1.165) is 0 Å². The number of benzene rings is 1. The Morgan fingerprint density at radius 3 is 2.50 bits per heavy atom. The van der Waals surface area contributed by atoms with Gasteiger partial charge in [-0.05, 0) is 36.8 Å². The summed E-state index contributed by atoms with van der Waals surface area (Å²) in [6.07, 6.45) is 0.572. The predicted octanol–water partition coefficient (Wildman–Crippen LogP) is 2.32. The molecule has 0 saturated heterocycles. The second-order valence-corrected chi connectivity index (χ2v) is 5.50. The number of carbonyl (C=O) groups is 1. The van der Waals surface area contributed by atoms with Gasteiger partial charge in [-0.2, -0.15) is 8.42 Å². The number of aldehydes is 1. The molecule has 7 heteroatoms. The molecule has 1 aromatic heterocycles. The first-order valence-electron chi connectivity index (χ1n) is 5.58. The molecule has 1 aromatic carbocycles. The van der Waals surface area contributed by atoms with Crippen LogP contribution in [0.1, 0.15) is 16.1 Å². The molecule has 0 amide bonds. The summed E-state index contributed by atoms with van der Waals surface area (Å²) in [5.41, 5.74) is 1.13. The highest BCUT2D eigenvalue weighted by Crippen LogP contribution is 2.33. The van der Waals surface area contributed by atoms with E-state index in [4.69, 9.17) is 13.7 Å². The standard InChI is InChI=1S/C13H12O6S/c1-8-5-13(20(15,16)17)12(18-2)6-10(8)11-4-3-9(7-14)19-11/h3-7H,1-2H3,(H,15,16,17). The fourth-order valence-corrected chi connectivity index (χ4v) is 2.57. The van der Waals surface area contributed by atoms with Crippen LogP contribution >= 0.6 is 0 Å². The molecule has 0 bridgehead atoms. The maximum Gasteiger partial charge on any atom is 0.298 e. The minimum Gasteiger partial charge on any atom is -0.495 e. The minimum atomic E-state index is -4.38. The molecule has 0 radical (unpaired) electrons. The highest BCUT2D eigenvalue weighted by molar-refractivity contribution is 7.86. The smallest absolute Gasteiger partial charge is 0.298 e. The van der Waals surface area contributed by atoms with E-state index < -0.39 is 10.1 Å². The third kappa shape index (κ3) is 2.59. The number of furan rings is 1. The first-order chi connectivity index (χ1) is 9.36. The first-order valence-corrected chi connectivity index (χ1v) is 7.02. The van der Waals surface area contributed by atoms with E-state index in [-0.39, 0.29) is 16.4 Å². The molecule has 0 unspecified atom stereocenters. The summed E-state index contributed by atoms with van der Waals surface area (Å²) in [6, 6.07) is 5.82. The van der Waals surface area contributed by atoms with Crippen LogP contribution in [0.5, 0.6) is 5.75 Å². The Labute approximate surface area is 115 Å². The van der Waals surface area contributed by atoms with Crippen molar-refractivity contribution in [3.05, 3.63) is 35.6 Å². The first kappa shape index (κ1) is 14.3. The van der Waals surface area contributed by atoms with Gasteiger partial charge in [0.25, 0.3) is 10.1 Å². The Hall–Kier alpha value is -2.12. The molecule has 0 aliphatic carbocycles. The van der Waals surface area contributed by atoms with Gasteiger partial charge >= 0.3 is 0 Å². The summed E-state index contributed by atoms with van der Waals surface area (Å²) < 4.78 is 42.0. The summed E-state index contributed by atoms with van der Waals surface area (Å²) in [5, 5.41) is 0. The van der Waals surface area contributed by atoms with Crippen molar-refractivity contribution in [3.8, 4) is 17.1 Å². The van der Waals surface area contributed by atoms with Crippen LogP contribution in [-0.4, -0.2) is 26.4 Å². The van der Waals surface area contributed by atoms with Crippen molar-refractivity contribution < 1.29 is 26.9 Å². The molecule has 0 spiro atoms. The van der Waals surface area contributed by atoms with Gasteiger partial charge in [-0.15, -0.1) is 0 Å². The van der Waals surface area contributed by atoms with Crippen molar-refractivity contribution in [2.45, 2.75) is 11.8 Å². The van der Waals surface area contributed by atoms with Crippen LogP contribution < -0.4 is 4.74 Å². The average Bonchev–Trinajstić information content (AvgIpc) is 2.86. The van der Waals surface area contributed by atoms with Crippen molar-refractivity contribution in [2.75, 3.05) is 7.11 Å². The summed E-state index contributed by atoms with van der Waals surface area (Å²) in [7, 11) is -3.08. The van der Waals surface area contributed by atoms with Gasteiger partial charge in [-0.1, -0.05) is 0 Å². The van der Waals surface area contributed by atoms with Gasteiger partial charge in [-0.25, -0.2) is 0 Å². The Morgan fingerprint density at radius 1 is 1.30 bits per heavy atom. The van der Waals surface area contributed by atoms with Crippen LogP contribution in [0.25, 0.3) is 11.3 Å². The maximum atomic E-state index is 11.3. The molecule has 2 rings (SSSR count). The molecule has 20 heavy (non-hydrogen) atoms. The van der Waals surface area contributed by atoms with E-state index in [1.807, 2.05) is 0 Å². The zero-order valence-electron chi connectivity index (χ0n) is 10.8. The Balaban J connectivity index is 2.64. The zero-order chi connectivity index (χ0) is 14.9. The number of hydrogen-bond donors (Lipinski definition) is 1. The van der Waals surface area contributed by atoms with E-state index in [1.165, 1.54) is 25.3 Å². The van der Waals surface area contributed by atoms with Gasteiger partial charge in [0.15, 0.2) is 12.0 Å². The molecule has 0 fully saturated rings. The predicted molar refractivity (Wildman–Crippen MR) is 70.6 cm³/mol. The van der Waals surface area contributed by atoms with Gasteiger partial charge in [0.05, 0.1) is 7.11 Å². The highest BCUT2D eigenvalue weighted by Gasteiger charge is 2.20. The van der Waals surface area contributed by atoms with Crippen molar-refractivity contribution in [3.63, 3.8) is 0 Å². The molecule has 6 nitrogen and oxygen atoms in total. The number of ether oxygens (including phenoxy) is 1. The lowest BCUT2D eigenvalue weighted by molar-refractivity contribution is 0.110. The second-order valence-electron chi connectivity index (χ2n) is 4.11. The zero-order valence-corrected chi connectivity index (χ0v) is 11.6. The van der Waals surface area contributed by atoms with E-state index in [1.54, 1.807) is 13.0 Å². The Bertz CT molecular complexity index is 757. The van der Waals surface area contributed by atoms with Crippen LogP contribution in [0, 0.1) is 6.92 Å². The quantitative estimate of drug-likeness (QED) is 0.687. The van der Waals surface area contributed by atoms with Crippen molar-refractivity contribution in [2.24, 2.45) is 0 Å². The van der Waals surface area contributed by atoms with Gasteiger partial charge in [0.2, 0.25) is 0 Å². The number of carbonyl (C=O) groups excluding carboxylic acids is 1. The highest BCUT2D eigenvalue weighted by atomic mass is 32.2. The van der Waals surface area contributed by atoms with E-state index in [2.05, 4.69) is 0 Å². The monoisotopic (exact) mass is 296 g/mol. The number of aryl methyl sites for hydroxylation is 1. The Morgan fingerprint density at radius 2 is 2.00 bits per heavy atom. The molecular formula is C13H12O6S.